The van der Waals surface area contributed by atoms with Crippen LogP contribution in [0.5, 0.6) is 11.5 Å². The van der Waals surface area contributed by atoms with Crippen molar-refractivity contribution in [1.29, 1.82) is 0 Å². The van der Waals surface area contributed by atoms with E-state index >= 15 is 0 Å². The van der Waals surface area contributed by atoms with Gasteiger partial charge in [0.15, 0.2) is 16.7 Å². The molecule has 1 aliphatic heterocycles. The zero-order valence-electron chi connectivity index (χ0n) is 29.3. The molecule has 0 aromatic heterocycles. The molecule has 3 amide bonds. The van der Waals surface area contributed by atoms with Gasteiger partial charge in [0.05, 0.1) is 28.9 Å². The Hall–Kier alpha value is -6.24. The molecule has 274 valence electrons. The van der Waals surface area contributed by atoms with Gasteiger partial charge in [-0.3, -0.25) is 29.4 Å². The number of allylic oxidation sites excluding steroid dienone is 4. The van der Waals surface area contributed by atoms with Gasteiger partial charge >= 0.3 is 0 Å². The lowest BCUT2D eigenvalue weighted by molar-refractivity contribution is -0.384. The summed E-state index contributed by atoms with van der Waals surface area (Å²) in [6, 6.07) is 27.6. The third kappa shape index (κ3) is 9.59. The van der Waals surface area contributed by atoms with Gasteiger partial charge in [0, 0.05) is 17.8 Å². The number of hydrogen-bond donors (Lipinski definition) is 1. The Balaban J connectivity index is 1.40. The minimum Gasteiger partial charge on any atom is -0.493 e. The summed E-state index contributed by atoms with van der Waals surface area (Å²) in [5.74, 6) is -1.52. The molecule has 0 fully saturated rings. The van der Waals surface area contributed by atoms with E-state index in [1.807, 2.05) is 60.7 Å². The Morgan fingerprint density at radius 3 is 2.26 bits per heavy atom. The number of amides is 3. The average Bonchev–Trinajstić information content (AvgIpc) is 3.18. The zero-order chi connectivity index (χ0) is 38.6. The summed E-state index contributed by atoms with van der Waals surface area (Å²) >= 11 is 7.56. The first-order valence-electron chi connectivity index (χ1n) is 16.5. The predicted molar refractivity (Wildman–Crippen MR) is 211 cm³/mol. The molecule has 4 aromatic rings. The number of benzene rings is 4. The second-order valence-electron chi connectivity index (χ2n) is 11.6. The summed E-state index contributed by atoms with van der Waals surface area (Å²) in [5, 5.41) is 14.2. The first kappa shape index (κ1) is 39.0. The molecule has 0 bridgehead atoms. The largest absolute Gasteiger partial charge is 0.493 e. The highest BCUT2D eigenvalue weighted by molar-refractivity contribution is 8.14. The van der Waals surface area contributed by atoms with Crippen molar-refractivity contribution in [3.8, 4) is 11.5 Å². The van der Waals surface area contributed by atoms with Gasteiger partial charge in [0.1, 0.15) is 12.2 Å². The van der Waals surface area contributed by atoms with E-state index in [1.54, 1.807) is 49.4 Å². The molecular weight excluding hydrogens is 728 g/mol. The third-order valence-corrected chi connectivity index (χ3v) is 9.23. The second-order valence-corrected chi connectivity index (χ2v) is 12.9. The van der Waals surface area contributed by atoms with E-state index in [9.17, 15) is 24.5 Å². The van der Waals surface area contributed by atoms with Gasteiger partial charge in [-0.15, -0.1) is 0 Å². The number of amidine groups is 1. The SMILES string of the molecule is C=C/C=C\C(=C/C)N1C(=O)/C(=C/c2cc(Cl)c(OCc3ccc([N+](=O)[O-])cc3)c(OC)c2)C(=O)N=C1SCC(=O)NC(c1ccccc1)c1ccccc1. The molecule has 0 aliphatic carbocycles. The minimum atomic E-state index is -0.803. The Kier molecular flexibility index (Phi) is 13.4. The summed E-state index contributed by atoms with van der Waals surface area (Å²) < 4.78 is 11.4. The number of rotatable bonds is 14. The Bertz CT molecular complexity index is 2130. The van der Waals surface area contributed by atoms with Gasteiger partial charge in [-0.05, 0) is 65.6 Å². The van der Waals surface area contributed by atoms with Gasteiger partial charge < -0.3 is 14.8 Å². The summed E-state index contributed by atoms with van der Waals surface area (Å²) in [6.45, 7) is 5.48. The molecule has 13 heteroatoms. The number of nitrogens with one attached hydrogen (secondary N) is 1. The standard InChI is InChI=1S/C41H35ClN4O7S/c1-4-6-17-31(5-2)45-40(49)33(22-28-23-34(42)38(35(24-28)52-3)53-25-27-18-20-32(21-19-27)46(50)51)39(48)44-41(45)54-26-36(47)43-37(29-13-9-7-10-14-29)30-15-11-8-12-16-30/h4-24,37H,1,25-26H2,2-3H3,(H,43,47)/b17-6-,31-5+,33-22+. The van der Waals surface area contributed by atoms with Crippen LogP contribution in [0.4, 0.5) is 5.69 Å². The Morgan fingerprint density at radius 1 is 1.04 bits per heavy atom. The maximum atomic E-state index is 14.1. The van der Waals surface area contributed by atoms with Crippen LogP contribution in [0, 0.1) is 10.1 Å². The number of nitro benzene ring substituents is 1. The first-order valence-corrected chi connectivity index (χ1v) is 17.9. The van der Waals surface area contributed by atoms with Crippen LogP contribution in [0.2, 0.25) is 5.02 Å². The van der Waals surface area contributed by atoms with Gasteiger partial charge in [0.25, 0.3) is 17.5 Å². The number of carbonyl (C=O) groups is 3. The van der Waals surface area contributed by atoms with Crippen LogP contribution in [0.3, 0.4) is 0 Å². The number of ether oxygens (including phenoxy) is 2. The van der Waals surface area contributed by atoms with Crippen molar-refractivity contribution in [2.75, 3.05) is 12.9 Å². The van der Waals surface area contributed by atoms with Crippen molar-refractivity contribution in [3.05, 3.63) is 177 Å². The maximum Gasteiger partial charge on any atom is 0.285 e. The van der Waals surface area contributed by atoms with Gasteiger partial charge in [-0.2, -0.15) is 4.99 Å². The van der Waals surface area contributed by atoms with Crippen LogP contribution in [-0.4, -0.2) is 45.6 Å². The number of thioether (sulfide) groups is 1. The maximum absolute atomic E-state index is 14.1. The molecule has 1 heterocycles. The molecule has 1 aliphatic rings. The Labute approximate surface area is 321 Å². The van der Waals surface area contributed by atoms with Crippen LogP contribution in [0.1, 0.15) is 35.2 Å². The highest BCUT2D eigenvalue weighted by Gasteiger charge is 2.35. The molecule has 0 saturated carbocycles. The predicted octanol–water partition coefficient (Wildman–Crippen LogP) is 8.23. The molecule has 0 atom stereocenters. The minimum absolute atomic E-state index is 0.0284. The number of halogens is 1. The van der Waals surface area contributed by atoms with E-state index in [-0.39, 0.29) is 51.2 Å². The van der Waals surface area contributed by atoms with Crippen LogP contribution >= 0.6 is 23.4 Å². The number of carbonyl (C=O) groups excluding carboxylic acids is 3. The lowest BCUT2D eigenvalue weighted by Crippen LogP contribution is -2.42. The molecular formula is C41H35ClN4O7S. The Morgan fingerprint density at radius 2 is 1.69 bits per heavy atom. The summed E-state index contributed by atoms with van der Waals surface area (Å²) in [4.78, 5) is 57.1. The third-order valence-electron chi connectivity index (χ3n) is 8.01. The summed E-state index contributed by atoms with van der Waals surface area (Å²) in [5.41, 5.74) is 2.91. The molecule has 11 nitrogen and oxygen atoms in total. The molecule has 4 aromatic carbocycles. The molecule has 0 unspecified atom stereocenters. The molecule has 0 spiro atoms. The van der Waals surface area contributed by atoms with Crippen LogP contribution in [0.15, 0.2) is 144 Å². The quantitative estimate of drug-likeness (QED) is 0.0446. The van der Waals surface area contributed by atoms with Crippen LogP contribution < -0.4 is 14.8 Å². The van der Waals surface area contributed by atoms with Gasteiger partial charge in [0.2, 0.25) is 5.91 Å². The molecule has 0 saturated heterocycles. The van der Waals surface area contributed by atoms with E-state index < -0.39 is 22.8 Å². The summed E-state index contributed by atoms with van der Waals surface area (Å²) in [6.07, 6.45) is 7.87. The number of nitro groups is 1. The fraction of sp³-hybridized carbons (Fsp3) is 0.122. The van der Waals surface area contributed by atoms with Crippen LogP contribution in [0.25, 0.3) is 6.08 Å². The van der Waals surface area contributed by atoms with Crippen molar-refractivity contribution in [2.24, 2.45) is 4.99 Å². The van der Waals surface area contributed by atoms with E-state index in [2.05, 4.69) is 16.9 Å². The molecule has 54 heavy (non-hydrogen) atoms. The van der Waals surface area contributed by atoms with Crippen molar-refractivity contribution >= 4 is 58.0 Å². The highest BCUT2D eigenvalue weighted by Crippen LogP contribution is 2.38. The number of aliphatic imine (C=N–C) groups is 1. The highest BCUT2D eigenvalue weighted by atomic mass is 35.5. The van der Waals surface area contributed by atoms with E-state index in [4.69, 9.17) is 21.1 Å². The normalized spacial score (nSPS) is 14.0. The fourth-order valence-corrected chi connectivity index (χ4v) is 6.47. The van der Waals surface area contributed by atoms with Crippen molar-refractivity contribution in [2.45, 2.75) is 19.6 Å². The second kappa shape index (κ2) is 18.5. The van der Waals surface area contributed by atoms with Gasteiger partial charge in [-0.1, -0.05) is 109 Å². The lowest BCUT2D eigenvalue weighted by atomic mass is 9.99. The first-order chi connectivity index (χ1) is 26.1. The monoisotopic (exact) mass is 762 g/mol. The van der Waals surface area contributed by atoms with Gasteiger partial charge in [-0.25, -0.2) is 0 Å². The molecule has 5 rings (SSSR count). The lowest BCUT2D eigenvalue weighted by Gasteiger charge is -2.28. The fourth-order valence-electron chi connectivity index (χ4n) is 5.39. The average molecular weight is 763 g/mol. The van der Waals surface area contributed by atoms with E-state index in [0.29, 0.717) is 16.8 Å². The molecule has 1 N–H and O–H groups in total. The topological polar surface area (TPSA) is 140 Å². The van der Waals surface area contributed by atoms with Crippen molar-refractivity contribution in [1.82, 2.24) is 10.2 Å². The van der Waals surface area contributed by atoms with Crippen molar-refractivity contribution in [3.63, 3.8) is 0 Å². The zero-order valence-corrected chi connectivity index (χ0v) is 30.9. The number of hydrogen-bond acceptors (Lipinski definition) is 8. The van der Waals surface area contributed by atoms with E-state index in [0.717, 1.165) is 22.9 Å². The molecule has 0 radical (unpaired) electrons. The number of nitrogens with zero attached hydrogens (tertiary/aromatic N) is 3. The van der Waals surface area contributed by atoms with Crippen molar-refractivity contribution < 1.29 is 28.8 Å². The number of methoxy groups -OCH3 is 1. The summed E-state index contributed by atoms with van der Waals surface area (Å²) in [7, 11) is 1.41. The van der Waals surface area contributed by atoms with Crippen LogP contribution in [-0.2, 0) is 21.0 Å². The smallest absolute Gasteiger partial charge is 0.285 e. The number of non-ortho nitro benzene ring substituents is 1. The van der Waals surface area contributed by atoms with E-state index in [1.165, 1.54) is 36.3 Å².